The standard InChI is InChI=1S/C20H19N3O6/c1-7-8-5-6-9(21-29-4)15(24)20(8)13-11(16(25)22(2)18(13)27)10(7)12-14(20)19(28)23(3)17(12)26/h5-6,10-14H,1-4H3/b21-9+/t10?,11-,12+,13+,14-,20?. The Labute approximate surface area is 166 Å². The predicted molar refractivity (Wildman–Crippen MR) is 96.7 cm³/mol. The zero-order chi connectivity index (χ0) is 21.0. The second-order valence-corrected chi connectivity index (χ2v) is 8.29. The van der Waals surface area contributed by atoms with Crippen molar-refractivity contribution in [2.45, 2.75) is 6.92 Å². The van der Waals surface area contributed by atoms with E-state index in [2.05, 4.69) is 5.16 Å². The summed E-state index contributed by atoms with van der Waals surface area (Å²) in [6.07, 6.45) is 3.18. The van der Waals surface area contributed by atoms with Crippen LogP contribution in [0.5, 0.6) is 0 Å². The van der Waals surface area contributed by atoms with E-state index in [0.29, 0.717) is 11.1 Å². The smallest absolute Gasteiger partial charge is 0.234 e. The van der Waals surface area contributed by atoms with E-state index in [1.807, 2.05) is 0 Å². The average Bonchev–Trinajstić information content (AvgIpc) is 3.07. The number of carbonyl (C=O) groups is 5. The molecule has 2 aliphatic heterocycles. The van der Waals surface area contributed by atoms with E-state index in [0.717, 1.165) is 9.80 Å². The number of allylic oxidation sites excluding steroid dienone is 4. The van der Waals surface area contributed by atoms with Gasteiger partial charge in [0.05, 0.1) is 29.1 Å². The second kappa shape index (κ2) is 5.28. The van der Waals surface area contributed by atoms with Crippen molar-refractivity contribution in [2.24, 2.45) is 40.2 Å². The number of amides is 4. The fourth-order valence-electron chi connectivity index (χ4n) is 6.44. The average molecular weight is 397 g/mol. The second-order valence-electron chi connectivity index (χ2n) is 8.29. The molecule has 2 unspecified atom stereocenters. The Kier molecular flexibility index (Phi) is 3.27. The summed E-state index contributed by atoms with van der Waals surface area (Å²) in [6, 6.07) is 0. The lowest BCUT2D eigenvalue weighted by atomic mass is 9.40. The van der Waals surface area contributed by atoms with E-state index in [9.17, 15) is 24.0 Å². The first-order valence-electron chi connectivity index (χ1n) is 9.39. The van der Waals surface area contributed by atoms with Crippen LogP contribution in [0.15, 0.2) is 28.5 Å². The molecule has 9 nitrogen and oxygen atoms in total. The van der Waals surface area contributed by atoms with Crippen molar-refractivity contribution < 1.29 is 28.8 Å². The predicted octanol–water partition coefficient (Wildman–Crippen LogP) is -0.464. The molecule has 150 valence electrons. The summed E-state index contributed by atoms with van der Waals surface area (Å²) in [7, 11) is 4.06. The van der Waals surface area contributed by atoms with Crippen molar-refractivity contribution in [3.8, 4) is 0 Å². The van der Waals surface area contributed by atoms with E-state index < -0.39 is 64.4 Å². The van der Waals surface area contributed by atoms with Crippen molar-refractivity contribution in [2.75, 3.05) is 21.2 Å². The maximum absolute atomic E-state index is 13.8. The Morgan fingerprint density at radius 3 is 1.86 bits per heavy atom. The molecule has 9 heteroatoms. The summed E-state index contributed by atoms with van der Waals surface area (Å²) in [5.41, 5.74) is -0.402. The van der Waals surface area contributed by atoms with Gasteiger partial charge >= 0.3 is 0 Å². The van der Waals surface area contributed by atoms with Crippen LogP contribution in [0.2, 0.25) is 0 Å². The van der Waals surface area contributed by atoms with Gasteiger partial charge in [0.25, 0.3) is 0 Å². The third kappa shape index (κ3) is 1.65. The molecule has 2 saturated heterocycles. The monoisotopic (exact) mass is 397 g/mol. The summed E-state index contributed by atoms with van der Waals surface area (Å²) in [5.74, 6) is -6.73. The molecule has 4 aliphatic carbocycles. The lowest BCUT2D eigenvalue weighted by Crippen LogP contribution is -2.66. The van der Waals surface area contributed by atoms with Crippen LogP contribution < -0.4 is 0 Å². The van der Waals surface area contributed by atoms with Gasteiger partial charge < -0.3 is 4.84 Å². The highest BCUT2D eigenvalue weighted by Gasteiger charge is 2.79. The van der Waals surface area contributed by atoms with E-state index in [1.165, 1.54) is 27.3 Å². The number of likely N-dealkylation sites (tertiary alicyclic amines) is 2. The van der Waals surface area contributed by atoms with Crippen molar-refractivity contribution >= 4 is 35.1 Å². The molecule has 6 aliphatic rings. The maximum Gasteiger partial charge on any atom is 0.234 e. The van der Waals surface area contributed by atoms with Gasteiger partial charge in [0.2, 0.25) is 23.6 Å². The van der Waals surface area contributed by atoms with Crippen LogP contribution in [-0.2, 0) is 28.8 Å². The van der Waals surface area contributed by atoms with Crippen molar-refractivity contribution in [1.29, 1.82) is 0 Å². The Balaban J connectivity index is 1.90. The molecular weight excluding hydrogens is 378 g/mol. The topological polar surface area (TPSA) is 113 Å². The van der Waals surface area contributed by atoms with Gasteiger partial charge in [0.15, 0.2) is 5.78 Å². The fourth-order valence-corrected chi connectivity index (χ4v) is 6.44. The first-order valence-corrected chi connectivity index (χ1v) is 9.39. The number of ketones is 1. The van der Waals surface area contributed by atoms with Crippen LogP contribution in [-0.4, -0.2) is 66.1 Å². The van der Waals surface area contributed by atoms with Crippen LogP contribution in [0, 0.1) is 35.0 Å². The Bertz CT molecular complexity index is 991. The molecule has 0 radical (unpaired) electrons. The highest BCUT2D eigenvalue weighted by Crippen LogP contribution is 2.69. The van der Waals surface area contributed by atoms with Crippen LogP contribution in [0.25, 0.3) is 0 Å². The molecule has 3 fully saturated rings. The number of hydrogen-bond acceptors (Lipinski definition) is 7. The van der Waals surface area contributed by atoms with Gasteiger partial charge in [0, 0.05) is 20.0 Å². The van der Waals surface area contributed by atoms with E-state index in [4.69, 9.17) is 4.84 Å². The number of hydrogen-bond donors (Lipinski definition) is 0. The number of Topliss-reactive ketones (excluding diaryl/α,β-unsaturated/α-hetero) is 1. The minimum Gasteiger partial charge on any atom is -0.399 e. The van der Waals surface area contributed by atoms with Crippen molar-refractivity contribution in [1.82, 2.24) is 9.80 Å². The maximum atomic E-state index is 13.8. The van der Waals surface area contributed by atoms with Gasteiger partial charge in [-0.1, -0.05) is 16.8 Å². The largest absolute Gasteiger partial charge is 0.399 e. The highest BCUT2D eigenvalue weighted by atomic mass is 16.6. The first kappa shape index (κ1) is 18.0. The molecule has 0 aromatic heterocycles. The number of nitrogens with zero attached hydrogens (tertiary/aromatic N) is 3. The molecule has 1 saturated carbocycles. The quantitative estimate of drug-likeness (QED) is 0.437. The zero-order valence-electron chi connectivity index (χ0n) is 16.3. The molecular formula is C20H19N3O6. The molecule has 0 aromatic rings. The normalized spacial score (nSPS) is 41.6. The summed E-state index contributed by atoms with van der Waals surface area (Å²) in [4.78, 5) is 73.1. The molecule has 2 bridgehead atoms. The number of carbonyl (C=O) groups excluding carboxylic acids is 5. The number of rotatable bonds is 1. The van der Waals surface area contributed by atoms with Crippen LogP contribution >= 0.6 is 0 Å². The Morgan fingerprint density at radius 1 is 0.862 bits per heavy atom. The number of oxime groups is 1. The molecule has 6 rings (SSSR count). The fraction of sp³-hybridized carbons (Fsp3) is 0.500. The zero-order valence-corrected chi connectivity index (χ0v) is 16.3. The molecule has 0 aromatic carbocycles. The van der Waals surface area contributed by atoms with Crippen LogP contribution in [0.3, 0.4) is 0 Å². The molecule has 2 heterocycles. The highest BCUT2D eigenvalue weighted by molar-refractivity contribution is 6.49. The lowest BCUT2D eigenvalue weighted by molar-refractivity contribution is -0.156. The van der Waals surface area contributed by atoms with Crippen LogP contribution in [0.1, 0.15) is 6.92 Å². The molecule has 6 atom stereocenters. The van der Waals surface area contributed by atoms with Gasteiger partial charge in [-0.05, 0) is 18.6 Å². The van der Waals surface area contributed by atoms with E-state index in [1.54, 1.807) is 13.0 Å². The summed E-state index contributed by atoms with van der Waals surface area (Å²) in [5, 5.41) is 3.78. The summed E-state index contributed by atoms with van der Waals surface area (Å²) < 4.78 is 0. The third-order valence-electron chi connectivity index (χ3n) is 7.47. The number of imide groups is 2. The summed E-state index contributed by atoms with van der Waals surface area (Å²) in [6.45, 7) is 1.78. The molecule has 29 heavy (non-hydrogen) atoms. The summed E-state index contributed by atoms with van der Waals surface area (Å²) >= 11 is 0. The van der Waals surface area contributed by atoms with Crippen molar-refractivity contribution in [3.05, 3.63) is 23.3 Å². The van der Waals surface area contributed by atoms with Gasteiger partial charge in [-0.25, -0.2) is 0 Å². The van der Waals surface area contributed by atoms with Gasteiger partial charge in [-0.3, -0.25) is 33.8 Å². The van der Waals surface area contributed by atoms with Crippen LogP contribution in [0.4, 0.5) is 0 Å². The molecule has 0 N–H and O–H groups in total. The van der Waals surface area contributed by atoms with E-state index >= 15 is 0 Å². The molecule has 4 amide bonds. The SMILES string of the molecule is CO/N=C1\C=CC2=C(C)C3[C@H]4C(=O)N(C)C(=O)[C@H]4C2(C1=O)[C@H]1C(=O)N(C)C(=O)[C@@H]31. The lowest BCUT2D eigenvalue weighted by Gasteiger charge is -2.57. The van der Waals surface area contributed by atoms with E-state index in [-0.39, 0.29) is 5.71 Å². The Hall–Kier alpha value is -3.10. The van der Waals surface area contributed by atoms with Gasteiger partial charge in [-0.15, -0.1) is 0 Å². The van der Waals surface area contributed by atoms with Gasteiger partial charge in [0.1, 0.15) is 12.8 Å². The third-order valence-corrected chi connectivity index (χ3v) is 7.47. The first-order chi connectivity index (χ1) is 13.7. The minimum atomic E-state index is -1.63. The Morgan fingerprint density at radius 2 is 1.38 bits per heavy atom. The molecule has 1 spiro atoms. The van der Waals surface area contributed by atoms with Gasteiger partial charge in [-0.2, -0.15) is 0 Å². The minimum absolute atomic E-state index is 0.0356. The van der Waals surface area contributed by atoms with Crippen molar-refractivity contribution in [3.63, 3.8) is 0 Å².